The highest BCUT2D eigenvalue weighted by Gasteiger charge is 2.57. The van der Waals surface area contributed by atoms with Gasteiger partial charge in [-0.3, -0.25) is 9.59 Å². The molecule has 12 heteroatoms. The number of benzene rings is 2. The molecule has 3 aliphatic rings. The van der Waals surface area contributed by atoms with Crippen molar-refractivity contribution in [3.63, 3.8) is 0 Å². The minimum Gasteiger partial charge on any atom is -0.454 e. The van der Waals surface area contributed by atoms with Crippen LogP contribution in [0.1, 0.15) is 17.7 Å². The molecule has 1 aromatic heterocycles. The van der Waals surface area contributed by atoms with E-state index in [-0.39, 0.29) is 42.9 Å². The predicted octanol–water partition coefficient (Wildman–Crippen LogP) is 2.87. The lowest BCUT2D eigenvalue weighted by Crippen LogP contribution is -2.52. The third-order valence-electron chi connectivity index (χ3n) is 7.59. The second kappa shape index (κ2) is 10.2. The number of ether oxygens (including phenoxy) is 1. The van der Waals surface area contributed by atoms with Crippen LogP contribution >= 0.6 is 23.1 Å². The molecule has 2 atom stereocenters. The Bertz CT molecular complexity index is 1540. The van der Waals surface area contributed by atoms with Crippen molar-refractivity contribution in [1.82, 2.24) is 14.1 Å². The standard InChI is InChI=1S/C27H27N3O6S3/c31-24-9-10-27(23-6-3-15-37-23)30(24)22(18-38-27)26(33)36-17-25(32)28-11-13-29(14-12-28)39(34,35)21-8-7-19-4-1-2-5-20(19)16-21/h1-8,15-16,22H,9-14,17-18H2. The van der Waals surface area contributed by atoms with E-state index in [0.717, 1.165) is 15.6 Å². The first-order chi connectivity index (χ1) is 18.8. The second-order valence-corrected chi connectivity index (χ2v) is 13.9. The van der Waals surface area contributed by atoms with E-state index in [4.69, 9.17) is 4.74 Å². The van der Waals surface area contributed by atoms with Gasteiger partial charge in [0.05, 0.1) is 4.90 Å². The number of amides is 2. The van der Waals surface area contributed by atoms with E-state index in [9.17, 15) is 22.8 Å². The molecule has 3 aromatic rings. The zero-order chi connectivity index (χ0) is 27.2. The number of rotatable bonds is 6. The Hall–Kier alpha value is -2.93. The van der Waals surface area contributed by atoms with Gasteiger partial charge in [-0.25, -0.2) is 13.2 Å². The molecule has 0 saturated carbocycles. The van der Waals surface area contributed by atoms with Crippen LogP contribution in [0.25, 0.3) is 10.8 Å². The lowest BCUT2D eigenvalue weighted by atomic mass is 10.1. The molecular formula is C27H27N3O6S3. The molecular weight excluding hydrogens is 559 g/mol. The van der Waals surface area contributed by atoms with Gasteiger partial charge in [-0.2, -0.15) is 4.31 Å². The Balaban J connectivity index is 1.05. The average Bonchev–Trinajstić information content (AvgIpc) is 3.70. The van der Waals surface area contributed by atoms with Gasteiger partial charge in [0.15, 0.2) is 6.61 Å². The van der Waals surface area contributed by atoms with Crippen LogP contribution in [-0.2, 0) is 34.0 Å². The van der Waals surface area contributed by atoms with Crippen LogP contribution in [-0.4, -0.2) is 84.9 Å². The van der Waals surface area contributed by atoms with Crippen LogP contribution in [0.2, 0.25) is 0 Å². The van der Waals surface area contributed by atoms with E-state index in [1.165, 1.54) is 9.21 Å². The molecule has 204 valence electrons. The SMILES string of the molecule is O=C(OCC(=O)N1CCN(S(=O)(=O)c2ccc3ccccc3c2)CC1)C1CSC2(c3cccs3)CCC(=O)N12. The lowest BCUT2D eigenvalue weighted by Gasteiger charge is -2.34. The summed E-state index contributed by atoms with van der Waals surface area (Å²) in [4.78, 5) is 42.4. The lowest BCUT2D eigenvalue weighted by molar-refractivity contribution is -0.158. The number of thioether (sulfide) groups is 1. The molecule has 3 fully saturated rings. The highest BCUT2D eigenvalue weighted by molar-refractivity contribution is 8.00. The molecule has 0 radical (unpaired) electrons. The summed E-state index contributed by atoms with van der Waals surface area (Å²) in [5.74, 6) is -0.622. The molecule has 0 N–H and O–H groups in total. The number of piperazine rings is 1. The van der Waals surface area contributed by atoms with Crippen molar-refractivity contribution in [3.8, 4) is 0 Å². The van der Waals surface area contributed by atoms with Crippen molar-refractivity contribution in [1.29, 1.82) is 0 Å². The zero-order valence-electron chi connectivity index (χ0n) is 21.0. The molecule has 3 aliphatic heterocycles. The number of thiophene rings is 1. The monoisotopic (exact) mass is 585 g/mol. The first-order valence-electron chi connectivity index (χ1n) is 12.7. The van der Waals surface area contributed by atoms with Gasteiger partial charge in [-0.05, 0) is 40.8 Å². The van der Waals surface area contributed by atoms with Crippen LogP contribution in [0.5, 0.6) is 0 Å². The number of sulfonamides is 1. The molecule has 0 bridgehead atoms. The van der Waals surface area contributed by atoms with Gasteiger partial charge in [-0.15, -0.1) is 23.1 Å². The Morgan fingerprint density at radius 3 is 2.51 bits per heavy atom. The summed E-state index contributed by atoms with van der Waals surface area (Å²) in [6, 6.07) is 15.8. The quantitative estimate of drug-likeness (QED) is 0.410. The third kappa shape index (κ3) is 4.62. The third-order valence-corrected chi connectivity index (χ3v) is 12.2. The van der Waals surface area contributed by atoms with E-state index < -0.39 is 33.5 Å². The molecule has 0 aliphatic carbocycles. The Labute approximate surface area is 234 Å². The fourth-order valence-electron chi connectivity index (χ4n) is 5.54. The van der Waals surface area contributed by atoms with Crippen LogP contribution in [0.4, 0.5) is 0 Å². The number of fused-ring (bicyclic) bond motifs is 2. The molecule has 6 rings (SSSR count). The first kappa shape index (κ1) is 26.3. The van der Waals surface area contributed by atoms with Gasteiger partial charge >= 0.3 is 5.97 Å². The number of hydrogen-bond acceptors (Lipinski definition) is 8. The van der Waals surface area contributed by atoms with E-state index >= 15 is 0 Å². The summed E-state index contributed by atoms with van der Waals surface area (Å²) in [6.07, 6.45) is 1.02. The van der Waals surface area contributed by atoms with Crippen molar-refractivity contribution < 1.29 is 27.5 Å². The second-order valence-electron chi connectivity index (χ2n) is 9.75. The highest BCUT2D eigenvalue weighted by atomic mass is 32.2. The molecule has 9 nitrogen and oxygen atoms in total. The minimum absolute atomic E-state index is 0.0783. The van der Waals surface area contributed by atoms with Gasteiger partial charge in [0.2, 0.25) is 15.9 Å². The van der Waals surface area contributed by atoms with E-state index in [1.807, 2.05) is 41.8 Å². The van der Waals surface area contributed by atoms with Gasteiger partial charge in [0.25, 0.3) is 5.91 Å². The van der Waals surface area contributed by atoms with Crippen molar-refractivity contribution in [2.24, 2.45) is 0 Å². The van der Waals surface area contributed by atoms with Gasteiger partial charge < -0.3 is 14.5 Å². The first-order valence-corrected chi connectivity index (χ1v) is 16.0. The maximum absolute atomic E-state index is 13.2. The molecule has 2 amide bonds. The molecule has 0 spiro atoms. The maximum Gasteiger partial charge on any atom is 0.330 e. The highest BCUT2D eigenvalue weighted by Crippen LogP contribution is 2.55. The largest absolute Gasteiger partial charge is 0.454 e. The summed E-state index contributed by atoms with van der Waals surface area (Å²) in [5, 5.41) is 3.77. The van der Waals surface area contributed by atoms with Crippen LogP contribution < -0.4 is 0 Å². The van der Waals surface area contributed by atoms with Crippen LogP contribution in [0.3, 0.4) is 0 Å². The normalized spacial score (nSPS) is 23.8. The summed E-state index contributed by atoms with van der Waals surface area (Å²) in [7, 11) is -3.71. The molecule has 4 heterocycles. The van der Waals surface area contributed by atoms with Gasteiger partial charge in [0.1, 0.15) is 10.9 Å². The fourth-order valence-corrected chi connectivity index (χ4v) is 9.71. The number of nitrogens with zero attached hydrogens (tertiary/aromatic N) is 3. The molecule has 3 saturated heterocycles. The summed E-state index contributed by atoms with van der Waals surface area (Å²) >= 11 is 3.15. The van der Waals surface area contributed by atoms with Crippen molar-refractivity contribution in [3.05, 3.63) is 64.9 Å². The topological polar surface area (TPSA) is 104 Å². The van der Waals surface area contributed by atoms with Crippen LogP contribution in [0, 0.1) is 0 Å². The predicted molar refractivity (Wildman–Crippen MR) is 149 cm³/mol. The summed E-state index contributed by atoms with van der Waals surface area (Å²) in [5.41, 5.74) is 0. The number of esters is 1. The van der Waals surface area contributed by atoms with Crippen molar-refractivity contribution in [2.45, 2.75) is 28.6 Å². The van der Waals surface area contributed by atoms with E-state index in [1.54, 1.807) is 46.2 Å². The molecule has 2 aromatic carbocycles. The average molecular weight is 586 g/mol. The summed E-state index contributed by atoms with van der Waals surface area (Å²) in [6.45, 7) is 0.272. The van der Waals surface area contributed by atoms with Crippen molar-refractivity contribution >= 4 is 61.7 Å². The molecule has 2 unspecified atom stereocenters. The number of carbonyl (C=O) groups is 3. The summed E-state index contributed by atoms with van der Waals surface area (Å²) < 4.78 is 33.2. The Morgan fingerprint density at radius 2 is 1.77 bits per heavy atom. The minimum atomic E-state index is -3.71. The van der Waals surface area contributed by atoms with Gasteiger partial charge in [-0.1, -0.05) is 36.4 Å². The van der Waals surface area contributed by atoms with Gasteiger partial charge in [0, 0.05) is 43.2 Å². The Morgan fingerprint density at radius 1 is 1.00 bits per heavy atom. The Kier molecular flexibility index (Phi) is 6.90. The number of carbonyl (C=O) groups excluding carboxylic acids is 3. The molecule has 39 heavy (non-hydrogen) atoms. The zero-order valence-corrected chi connectivity index (χ0v) is 23.5. The maximum atomic E-state index is 13.2. The van der Waals surface area contributed by atoms with E-state index in [0.29, 0.717) is 18.6 Å². The van der Waals surface area contributed by atoms with Crippen LogP contribution in [0.15, 0.2) is 64.9 Å². The van der Waals surface area contributed by atoms with Crippen molar-refractivity contribution in [2.75, 3.05) is 38.5 Å². The number of hydrogen-bond donors (Lipinski definition) is 0. The fraction of sp³-hybridized carbons (Fsp3) is 0.370. The smallest absolute Gasteiger partial charge is 0.330 e. The van der Waals surface area contributed by atoms with E-state index in [2.05, 4.69) is 0 Å².